The minimum atomic E-state index is -0.509. The molecule has 3 atom stereocenters. The maximum atomic E-state index is 11.9. The third kappa shape index (κ3) is 4.19. The van der Waals surface area contributed by atoms with Gasteiger partial charge in [0.2, 0.25) is 5.91 Å². The average molecular weight is 283 g/mol. The van der Waals surface area contributed by atoms with E-state index >= 15 is 0 Å². The molecule has 1 aliphatic rings. The molecule has 0 heterocycles. The van der Waals surface area contributed by atoms with Crippen LogP contribution in [-0.2, 0) is 4.79 Å². The van der Waals surface area contributed by atoms with Crippen molar-refractivity contribution in [3.05, 3.63) is 0 Å². The number of carbonyl (C=O) groups excluding carboxylic acids is 1. The Bertz CT molecular complexity index is 330. The Morgan fingerprint density at radius 2 is 1.95 bits per heavy atom. The highest BCUT2D eigenvalue weighted by Gasteiger charge is 2.45. The molecule has 3 unspecified atom stereocenters. The van der Waals surface area contributed by atoms with Crippen LogP contribution in [0.1, 0.15) is 60.3 Å². The summed E-state index contributed by atoms with van der Waals surface area (Å²) in [5, 5.41) is 3.42. The third-order valence-electron chi connectivity index (χ3n) is 4.61. The van der Waals surface area contributed by atoms with Gasteiger partial charge < -0.3 is 16.0 Å². The summed E-state index contributed by atoms with van der Waals surface area (Å²) in [5.74, 6) is 0.502. The standard InChI is InChI=1S/C16H33N3O/c1-11(2)9-13(5)19(6)14-7-8-16(10-14,15(17)20)18-12(3)4/h11-14,18H,7-10H2,1-6H3,(H2,17,20). The molecule has 118 valence electrons. The molecule has 3 N–H and O–H groups in total. The molecule has 0 bridgehead atoms. The van der Waals surface area contributed by atoms with Gasteiger partial charge >= 0.3 is 0 Å². The van der Waals surface area contributed by atoms with Crippen LogP contribution >= 0.6 is 0 Å². The lowest BCUT2D eigenvalue weighted by atomic mass is 9.94. The SMILES string of the molecule is CC(C)CC(C)N(C)C1CCC(NC(C)C)(C(N)=O)C1. The van der Waals surface area contributed by atoms with Crippen molar-refractivity contribution >= 4 is 5.91 Å². The highest BCUT2D eigenvalue weighted by atomic mass is 16.1. The number of hydrogen-bond donors (Lipinski definition) is 2. The highest BCUT2D eigenvalue weighted by molar-refractivity contribution is 5.85. The van der Waals surface area contributed by atoms with Crippen molar-refractivity contribution < 1.29 is 4.79 Å². The Labute approximate surface area is 124 Å². The quantitative estimate of drug-likeness (QED) is 0.752. The molecule has 0 aliphatic heterocycles. The van der Waals surface area contributed by atoms with Crippen molar-refractivity contribution in [2.75, 3.05) is 7.05 Å². The number of amides is 1. The summed E-state index contributed by atoms with van der Waals surface area (Å²) in [4.78, 5) is 14.4. The molecule has 0 aromatic rings. The van der Waals surface area contributed by atoms with Crippen LogP contribution < -0.4 is 11.1 Å². The topological polar surface area (TPSA) is 58.4 Å². The fourth-order valence-electron chi connectivity index (χ4n) is 3.55. The Morgan fingerprint density at radius 3 is 2.40 bits per heavy atom. The summed E-state index contributed by atoms with van der Waals surface area (Å²) >= 11 is 0. The van der Waals surface area contributed by atoms with Crippen molar-refractivity contribution in [1.29, 1.82) is 0 Å². The first-order chi connectivity index (χ1) is 9.18. The number of carbonyl (C=O) groups is 1. The first-order valence-electron chi connectivity index (χ1n) is 7.97. The first-order valence-corrected chi connectivity index (χ1v) is 7.97. The van der Waals surface area contributed by atoms with Crippen LogP contribution in [0.5, 0.6) is 0 Å². The van der Waals surface area contributed by atoms with Crippen molar-refractivity contribution in [3.63, 3.8) is 0 Å². The molecule has 1 fully saturated rings. The number of nitrogens with zero attached hydrogens (tertiary/aromatic N) is 1. The van der Waals surface area contributed by atoms with Crippen LogP contribution in [0.2, 0.25) is 0 Å². The molecule has 0 radical (unpaired) electrons. The fourth-order valence-corrected chi connectivity index (χ4v) is 3.55. The largest absolute Gasteiger partial charge is 0.368 e. The van der Waals surface area contributed by atoms with Crippen molar-refractivity contribution in [3.8, 4) is 0 Å². The second-order valence-electron chi connectivity index (χ2n) is 7.29. The average Bonchev–Trinajstić information content (AvgIpc) is 2.71. The van der Waals surface area contributed by atoms with Crippen LogP contribution in [0.3, 0.4) is 0 Å². The van der Waals surface area contributed by atoms with E-state index in [-0.39, 0.29) is 11.9 Å². The van der Waals surface area contributed by atoms with Crippen LogP contribution in [-0.4, -0.2) is 41.5 Å². The molecule has 1 saturated carbocycles. The summed E-state index contributed by atoms with van der Waals surface area (Å²) < 4.78 is 0. The molecular formula is C16H33N3O. The van der Waals surface area contributed by atoms with Crippen LogP contribution in [0.15, 0.2) is 0 Å². The zero-order valence-corrected chi connectivity index (χ0v) is 14.1. The lowest BCUT2D eigenvalue weighted by molar-refractivity contribution is -0.124. The monoisotopic (exact) mass is 283 g/mol. The number of nitrogens with two attached hydrogens (primary N) is 1. The fraction of sp³-hybridized carbons (Fsp3) is 0.938. The van der Waals surface area contributed by atoms with E-state index in [1.165, 1.54) is 6.42 Å². The van der Waals surface area contributed by atoms with Gasteiger partial charge in [0.25, 0.3) is 0 Å². The molecule has 0 aromatic heterocycles. The predicted molar refractivity (Wildman–Crippen MR) is 84.5 cm³/mol. The van der Waals surface area contributed by atoms with E-state index in [1.807, 2.05) is 0 Å². The Hall–Kier alpha value is -0.610. The summed E-state index contributed by atoms with van der Waals surface area (Å²) in [6.07, 6.45) is 3.92. The molecule has 0 aromatic carbocycles. The van der Waals surface area contributed by atoms with E-state index < -0.39 is 5.54 Å². The smallest absolute Gasteiger partial charge is 0.237 e. The molecule has 0 saturated heterocycles. The summed E-state index contributed by atoms with van der Waals surface area (Å²) in [6, 6.07) is 1.27. The van der Waals surface area contributed by atoms with Gasteiger partial charge in [-0.1, -0.05) is 13.8 Å². The molecule has 20 heavy (non-hydrogen) atoms. The zero-order valence-electron chi connectivity index (χ0n) is 14.1. The van der Waals surface area contributed by atoms with E-state index in [4.69, 9.17) is 5.73 Å². The minimum Gasteiger partial charge on any atom is -0.368 e. The van der Waals surface area contributed by atoms with Crippen LogP contribution in [0, 0.1) is 5.92 Å². The first kappa shape index (κ1) is 17.4. The lowest BCUT2D eigenvalue weighted by Crippen LogP contribution is -2.57. The van der Waals surface area contributed by atoms with E-state index in [0.717, 1.165) is 19.3 Å². The van der Waals surface area contributed by atoms with Crippen molar-refractivity contribution in [1.82, 2.24) is 10.2 Å². The third-order valence-corrected chi connectivity index (χ3v) is 4.61. The Balaban J connectivity index is 2.70. The molecule has 4 heteroatoms. The molecule has 4 nitrogen and oxygen atoms in total. The second-order valence-corrected chi connectivity index (χ2v) is 7.29. The molecular weight excluding hydrogens is 250 g/mol. The highest BCUT2D eigenvalue weighted by Crippen LogP contribution is 2.34. The number of hydrogen-bond acceptors (Lipinski definition) is 3. The van der Waals surface area contributed by atoms with Gasteiger partial charge in [0.15, 0.2) is 0 Å². The minimum absolute atomic E-state index is 0.196. The van der Waals surface area contributed by atoms with E-state index in [2.05, 4.69) is 51.9 Å². The molecule has 1 aliphatic carbocycles. The van der Waals surface area contributed by atoms with Gasteiger partial charge in [0.05, 0.1) is 5.54 Å². The maximum absolute atomic E-state index is 11.9. The van der Waals surface area contributed by atoms with Gasteiger partial charge in [-0.2, -0.15) is 0 Å². The predicted octanol–water partition coefficient (Wildman–Crippen LogP) is 2.13. The summed E-state index contributed by atoms with van der Waals surface area (Å²) in [5.41, 5.74) is 5.17. The van der Waals surface area contributed by atoms with Gasteiger partial charge in [0.1, 0.15) is 0 Å². The Morgan fingerprint density at radius 1 is 1.35 bits per heavy atom. The maximum Gasteiger partial charge on any atom is 0.237 e. The zero-order chi connectivity index (χ0) is 15.5. The number of nitrogens with one attached hydrogen (secondary N) is 1. The van der Waals surface area contributed by atoms with E-state index in [1.54, 1.807) is 0 Å². The number of primary amides is 1. The molecule has 0 spiro atoms. The van der Waals surface area contributed by atoms with Gasteiger partial charge in [-0.15, -0.1) is 0 Å². The van der Waals surface area contributed by atoms with Gasteiger partial charge in [0, 0.05) is 18.1 Å². The van der Waals surface area contributed by atoms with Crippen LogP contribution in [0.4, 0.5) is 0 Å². The van der Waals surface area contributed by atoms with E-state index in [0.29, 0.717) is 18.0 Å². The van der Waals surface area contributed by atoms with Crippen LogP contribution in [0.25, 0.3) is 0 Å². The second kappa shape index (κ2) is 6.90. The molecule has 1 amide bonds. The van der Waals surface area contributed by atoms with Gasteiger partial charge in [-0.25, -0.2) is 0 Å². The summed E-state index contributed by atoms with van der Waals surface area (Å²) in [6.45, 7) is 10.9. The normalized spacial score (nSPS) is 28.6. The van der Waals surface area contributed by atoms with Crippen molar-refractivity contribution in [2.45, 2.75) is 84.0 Å². The lowest BCUT2D eigenvalue weighted by Gasteiger charge is -2.34. The van der Waals surface area contributed by atoms with Gasteiger partial charge in [-0.3, -0.25) is 4.79 Å². The summed E-state index contributed by atoms with van der Waals surface area (Å²) in [7, 11) is 2.18. The molecule has 1 rings (SSSR count). The van der Waals surface area contributed by atoms with Gasteiger partial charge in [-0.05, 0) is 59.4 Å². The van der Waals surface area contributed by atoms with E-state index in [9.17, 15) is 4.79 Å². The Kier molecular flexibility index (Phi) is 6.02. The van der Waals surface area contributed by atoms with Crippen molar-refractivity contribution in [2.24, 2.45) is 11.7 Å². The number of rotatable bonds is 7.